The number of para-hydroxylation sites is 1. The summed E-state index contributed by atoms with van der Waals surface area (Å²) < 4.78 is 14.8. The van der Waals surface area contributed by atoms with Crippen molar-refractivity contribution in [2.24, 2.45) is 0 Å². The third kappa shape index (κ3) is 5.65. The molecule has 3 aromatic rings. The number of nitrogens with zero attached hydrogens (tertiary/aromatic N) is 2. The number of carbonyl (C=O) groups excluding carboxylic acids is 1. The molecule has 1 N–H and O–H groups in total. The van der Waals surface area contributed by atoms with E-state index < -0.39 is 0 Å². The zero-order valence-electron chi connectivity index (χ0n) is 17.9. The summed E-state index contributed by atoms with van der Waals surface area (Å²) in [6, 6.07) is 13.2. The number of carbonyl (C=O) groups is 1. The molecule has 5 nitrogen and oxygen atoms in total. The summed E-state index contributed by atoms with van der Waals surface area (Å²) in [7, 11) is 0. The maximum absolute atomic E-state index is 13.3. The summed E-state index contributed by atoms with van der Waals surface area (Å²) in [4.78, 5) is 30.2. The average molecular weight is 452 g/mol. The van der Waals surface area contributed by atoms with Gasteiger partial charge in [-0.15, -0.1) is 0 Å². The van der Waals surface area contributed by atoms with Crippen molar-refractivity contribution in [2.45, 2.75) is 43.8 Å². The smallest absolute Gasteiger partial charge is 0.262 e. The van der Waals surface area contributed by atoms with Gasteiger partial charge in [0.15, 0.2) is 5.16 Å². The molecule has 1 aliphatic rings. The van der Waals surface area contributed by atoms with Crippen LogP contribution in [0, 0.1) is 5.82 Å². The molecule has 0 unspecified atom stereocenters. The zero-order chi connectivity index (χ0) is 22.3. The lowest BCUT2D eigenvalue weighted by molar-refractivity contribution is -0.118. The second-order valence-corrected chi connectivity index (χ2v) is 8.87. The number of rotatable bonds is 8. The molecule has 0 fully saturated rings. The number of hydrogen-bond donors (Lipinski definition) is 1. The molecule has 2 aromatic carbocycles. The number of hydrogen-bond acceptors (Lipinski definition) is 4. The van der Waals surface area contributed by atoms with Crippen molar-refractivity contribution < 1.29 is 9.18 Å². The normalized spacial score (nSPS) is 13.7. The number of halogens is 1. The van der Waals surface area contributed by atoms with E-state index in [1.807, 2.05) is 6.07 Å². The second kappa shape index (κ2) is 10.6. The third-order valence-corrected chi connectivity index (χ3v) is 6.54. The molecule has 0 radical (unpaired) electrons. The van der Waals surface area contributed by atoms with E-state index in [0.717, 1.165) is 24.8 Å². The van der Waals surface area contributed by atoms with Crippen LogP contribution in [0.3, 0.4) is 0 Å². The number of amides is 1. The summed E-state index contributed by atoms with van der Waals surface area (Å²) in [6.07, 6.45) is 7.93. The van der Waals surface area contributed by atoms with Crippen molar-refractivity contribution in [3.05, 3.63) is 81.9 Å². The topological polar surface area (TPSA) is 64.0 Å². The minimum Gasteiger partial charge on any atom is -0.355 e. The highest BCUT2D eigenvalue weighted by Gasteiger charge is 2.14. The van der Waals surface area contributed by atoms with E-state index in [-0.39, 0.29) is 29.6 Å². The number of aromatic nitrogens is 2. The Morgan fingerprint density at radius 3 is 2.72 bits per heavy atom. The van der Waals surface area contributed by atoms with Crippen LogP contribution in [0.15, 0.2) is 70.1 Å². The van der Waals surface area contributed by atoms with Crippen molar-refractivity contribution >= 4 is 28.6 Å². The van der Waals surface area contributed by atoms with E-state index in [4.69, 9.17) is 0 Å². The Morgan fingerprint density at radius 1 is 1.12 bits per heavy atom. The van der Waals surface area contributed by atoms with Gasteiger partial charge in [0.25, 0.3) is 5.56 Å². The maximum atomic E-state index is 13.3. The first-order valence-corrected chi connectivity index (χ1v) is 11.9. The molecule has 0 spiro atoms. The fraction of sp³-hybridized carbons (Fsp3) is 0.320. The second-order valence-electron chi connectivity index (χ2n) is 7.93. The molecule has 0 saturated heterocycles. The van der Waals surface area contributed by atoms with Gasteiger partial charge in [-0.05, 0) is 61.9 Å². The molecule has 32 heavy (non-hydrogen) atoms. The molecule has 1 aromatic heterocycles. The highest BCUT2D eigenvalue weighted by Crippen LogP contribution is 2.20. The van der Waals surface area contributed by atoms with Crippen LogP contribution >= 0.6 is 11.8 Å². The fourth-order valence-electron chi connectivity index (χ4n) is 3.84. The van der Waals surface area contributed by atoms with Gasteiger partial charge >= 0.3 is 0 Å². The van der Waals surface area contributed by atoms with Gasteiger partial charge in [-0.1, -0.05) is 47.7 Å². The Bertz CT molecular complexity index is 1190. The van der Waals surface area contributed by atoms with E-state index in [1.54, 1.807) is 34.9 Å². The molecule has 1 aliphatic carbocycles. The summed E-state index contributed by atoms with van der Waals surface area (Å²) in [5, 5.41) is 3.96. The van der Waals surface area contributed by atoms with Crippen LogP contribution in [0.2, 0.25) is 0 Å². The van der Waals surface area contributed by atoms with Crippen LogP contribution in [-0.2, 0) is 11.3 Å². The van der Waals surface area contributed by atoms with E-state index in [9.17, 15) is 14.0 Å². The van der Waals surface area contributed by atoms with Gasteiger partial charge in [0.1, 0.15) is 5.82 Å². The van der Waals surface area contributed by atoms with Gasteiger partial charge < -0.3 is 5.32 Å². The van der Waals surface area contributed by atoms with Gasteiger partial charge in [0.2, 0.25) is 5.91 Å². The van der Waals surface area contributed by atoms with E-state index in [0.29, 0.717) is 22.6 Å². The lowest BCUT2D eigenvalue weighted by Gasteiger charge is -2.14. The zero-order valence-corrected chi connectivity index (χ0v) is 18.7. The van der Waals surface area contributed by atoms with Crippen molar-refractivity contribution in [3.63, 3.8) is 0 Å². The highest BCUT2D eigenvalue weighted by molar-refractivity contribution is 7.99. The van der Waals surface area contributed by atoms with Gasteiger partial charge in [0, 0.05) is 6.54 Å². The number of fused-ring (bicyclic) bond motifs is 1. The van der Waals surface area contributed by atoms with E-state index >= 15 is 0 Å². The van der Waals surface area contributed by atoms with Gasteiger partial charge in [0.05, 0.1) is 23.2 Å². The Morgan fingerprint density at radius 2 is 1.94 bits per heavy atom. The highest BCUT2D eigenvalue weighted by atomic mass is 32.2. The third-order valence-electron chi connectivity index (χ3n) is 5.57. The van der Waals surface area contributed by atoms with E-state index in [1.165, 1.54) is 42.3 Å². The lowest BCUT2D eigenvalue weighted by Crippen LogP contribution is -2.28. The summed E-state index contributed by atoms with van der Waals surface area (Å²) in [5.74, 6) is -0.233. The molecule has 0 saturated carbocycles. The Labute approximate surface area is 190 Å². The molecule has 166 valence electrons. The summed E-state index contributed by atoms with van der Waals surface area (Å²) in [6.45, 7) is 0.883. The van der Waals surface area contributed by atoms with Crippen molar-refractivity contribution in [2.75, 3.05) is 12.3 Å². The fourth-order valence-corrected chi connectivity index (χ4v) is 4.67. The Balaban J connectivity index is 1.47. The van der Waals surface area contributed by atoms with Crippen molar-refractivity contribution in [1.29, 1.82) is 0 Å². The largest absolute Gasteiger partial charge is 0.355 e. The number of benzene rings is 2. The van der Waals surface area contributed by atoms with Crippen LogP contribution < -0.4 is 10.9 Å². The quantitative estimate of drug-likeness (QED) is 0.307. The van der Waals surface area contributed by atoms with Gasteiger partial charge in [-0.3, -0.25) is 14.2 Å². The molecule has 4 rings (SSSR count). The van der Waals surface area contributed by atoms with Crippen LogP contribution in [-0.4, -0.2) is 27.8 Å². The van der Waals surface area contributed by atoms with E-state index in [2.05, 4.69) is 16.4 Å². The SMILES string of the molecule is O=C(CSc1nc2ccccc2c(=O)n1Cc1ccc(F)cc1)NCCC1=CCCCC1. The van der Waals surface area contributed by atoms with Crippen LogP contribution in [0.4, 0.5) is 4.39 Å². The monoisotopic (exact) mass is 451 g/mol. The standard InChI is InChI=1S/C25H26FN3O2S/c26-20-12-10-19(11-13-20)16-29-24(31)21-8-4-5-9-22(21)28-25(29)32-17-23(30)27-15-14-18-6-2-1-3-7-18/h4-6,8-13H,1-3,7,14-17H2,(H,27,30). The summed E-state index contributed by atoms with van der Waals surface area (Å²) >= 11 is 1.24. The summed E-state index contributed by atoms with van der Waals surface area (Å²) in [5.41, 5.74) is 2.64. The number of allylic oxidation sites excluding steroid dienone is 1. The van der Waals surface area contributed by atoms with Crippen LogP contribution in [0.25, 0.3) is 10.9 Å². The van der Waals surface area contributed by atoms with Crippen LogP contribution in [0.1, 0.15) is 37.7 Å². The number of thioether (sulfide) groups is 1. The molecule has 1 heterocycles. The average Bonchev–Trinajstić information content (AvgIpc) is 2.82. The molecule has 0 atom stereocenters. The minimum atomic E-state index is -0.326. The Kier molecular flexibility index (Phi) is 7.37. The Hall–Kier alpha value is -2.93. The molecule has 7 heteroatoms. The molecule has 1 amide bonds. The van der Waals surface area contributed by atoms with Crippen molar-refractivity contribution in [3.8, 4) is 0 Å². The molecular weight excluding hydrogens is 425 g/mol. The number of nitrogens with one attached hydrogen (secondary N) is 1. The molecule has 0 aliphatic heterocycles. The first-order valence-electron chi connectivity index (χ1n) is 10.9. The first kappa shape index (κ1) is 22.3. The first-order chi connectivity index (χ1) is 15.6. The predicted molar refractivity (Wildman–Crippen MR) is 126 cm³/mol. The minimum absolute atomic E-state index is 0.0813. The maximum Gasteiger partial charge on any atom is 0.262 e. The van der Waals surface area contributed by atoms with Gasteiger partial charge in [-0.2, -0.15) is 0 Å². The molecule has 0 bridgehead atoms. The predicted octanol–water partition coefficient (Wildman–Crippen LogP) is 4.68. The van der Waals surface area contributed by atoms with Gasteiger partial charge in [-0.25, -0.2) is 9.37 Å². The molecular formula is C25H26FN3O2S. The van der Waals surface area contributed by atoms with Crippen LogP contribution in [0.5, 0.6) is 0 Å². The lowest BCUT2D eigenvalue weighted by atomic mass is 9.97. The van der Waals surface area contributed by atoms with Crippen molar-refractivity contribution in [1.82, 2.24) is 14.9 Å².